The van der Waals surface area contributed by atoms with Gasteiger partial charge in [-0.05, 0) is 31.5 Å². The van der Waals surface area contributed by atoms with Gasteiger partial charge in [0.15, 0.2) is 0 Å². The third-order valence-electron chi connectivity index (χ3n) is 3.77. The number of hydrogen-bond donors (Lipinski definition) is 0. The van der Waals surface area contributed by atoms with Gasteiger partial charge in [-0.15, -0.1) is 0 Å². The summed E-state index contributed by atoms with van der Waals surface area (Å²) >= 11 is 0. The molecule has 1 heterocycles. The fourth-order valence-electron chi connectivity index (χ4n) is 2.60. The van der Waals surface area contributed by atoms with Gasteiger partial charge in [-0.1, -0.05) is 48.0 Å². The molecule has 4 nitrogen and oxygen atoms in total. The van der Waals surface area contributed by atoms with E-state index in [9.17, 15) is 8.42 Å². The second kappa shape index (κ2) is 5.57. The van der Waals surface area contributed by atoms with Gasteiger partial charge in [0.1, 0.15) is 0 Å². The van der Waals surface area contributed by atoms with E-state index in [0.29, 0.717) is 6.42 Å². The van der Waals surface area contributed by atoms with Gasteiger partial charge in [0.25, 0.3) is 10.0 Å². The SMILES string of the molecule is CC1=NN(S(=O)(=O)c2ccc(C)cc2)C(c2ccccc2)C1. The van der Waals surface area contributed by atoms with Gasteiger partial charge in [0.2, 0.25) is 0 Å². The van der Waals surface area contributed by atoms with E-state index in [-0.39, 0.29) is 10.9 Å². The Morgan fingerprint density at radius 1 is 1.00 bits per heavy atom. The highest BCUT2D eigenvalue weighted by Crippen LogP contribution is 2.35. The Hall–Kier alpha value is -2.14. The molecule has 1 unspecified atom stereocenters. The van der Waals surface area contributed by atoms with Crippen molar-refractivity contribution in [2.24, 2.45) is 5.10 Å². The number of hydrogen-bond acceptors (Lipinski definition) is 3. The Labute approximate surface area is 131 Å². The van der Waals surface area contributed by atoms with Crippen LogP contribution < -0.4 is 0 Å². The smallest absolute Gasteiger partial charge is 0.200 e. The molecular formula is C17H18N2O2S. The second-order valence-electron chi connectivity index (χ2n) is 5.56. The molecule has 1 aliphatic rings. The zero-order chi connectivity index (χ0) is 15.7. The summed E-state index contributed by atoms with van der Waals surface area (Å²) in [6.07, 6.45) is 0.620. The van der Waals surface area contributed by atoms with Crippen molar-refractivity contribution in [3.05, 3.63) is 65.7 Å². The third kappa shape index (κ3) is 2.64. The van der Waals surface area contributed by atoms with Crippen molar-refractivity contribution in [2.45, 2.75) is 31.2 Å². The Bertz CT molecular complexity index is 796. The molecule has 0 aromatic heterocycles. The molecule has 0 amide bonds. The number of hydrazone groups is 1. The number of sulfonamides is 1. The highest BCUT2D eigenvalue weighted by molar-refractivity contribution is 7.89. The van der Waals surface area contributed by atoms with Gasteiger partial charge in [-0.3, -0.25) is 0 Å². The van der Waals surface area contributed by atoms with Gasteiger partial charge in [-0.25, -0.2) is 0 Å². The van der Waals surface area contributed by atoms with Gasteiger partial charge >= 0.3 is 0 Å². The number of benzene rings is 2. The molecular weight excluding hydrogens is 296 g/mol. The lowest BCUT2D eigenvalue weighted by Crippen LogP contribution is -2.27. The average Bonchev–Trinajstić information content (AvgIpc) is 2.91. The predicted octanol–water partition coefficient (Wildman–Crippen LogP) is 3.51. The molecule has 0 spiro atoms. The molecule has 22 heavy (non-hydrogen) atoms. The maximum absolute atomic E-state index is 12.9. The Kier molecular flexibility index (Phi) is 3.74. The summed E-state index contributed by atoms with van der Waals surface area (Å²) in [6.45, 7) is 3.79. The van der Waals surface area contributed by atoms with Gasteiger partial charge in [0.05, 0.1) is 10.9 Å². The van der Waals surface area contributed by atoms with Crippen molar-refractivity contribution in [3.63, 3.8) is 0 Å². The van der Waals surface area contributed by atoms with Crippen LogP contribution in [0.25, 0.3) is 0 Å². The van der Waals surface area contributed by atoms with Gasteiger partial charge in [-0.2, -0.15) is 17.9 Å². The van der Waals surface area contributed by atoms with Crippen LogP contribution in [0.2, 0.25) is 0 Å². The molecule has 1 aliphatic heterocycles. The molecule has 0 fully saturated rings. The van der Waals surface area contributed by atoms with Gasteiger partial charge < -0.3 is 0 Å². The minimum absolute atomic E-state index is 0.271. The lowest BCUT2D eigenvalue weighted by atomic mass is 10.0. The van der Waals surface area contributed by atoms with Crippen LogP contribution in [0.1, 0.15) is 30.5 Å². The number of rotatable bonds is 3. The van der Waals surface area contributed by atoms with E-state index in [0.717, 1.165) is 16.8 Å². The number of nitrogens with zero attached hydrogens (tertiary/aromatic N) is 2. The van der Waals surface area contributed by atoms with Crippen molar-refractivity contribution < 1.29 is 8.42 Å². The average molecular weight is 314 g/mol. The zero-order valence-electron chi connectivity index (χ0n) is 12.6. The predicted molar refractivity (Wildman–Crippen MR) is 87.1 cm³/mol. The molecule has 3 rings (SSSR count). The summed E-state index contributed by atoms with van der Waals surface area (Å²) in [7, 11) is -3.64. The van der Waals surface area contributed by atoms with E-state index < -0.39 is 10.0 Å². The van der Waals surface area contributed by atoms with Crippen LogP contribution in [0.3, 0.4) is 0 Å². The van der Waals surface area contributed by atoms with E-state index in [4.69, 9.17) is 0 Å². The maximum Gasteiger partial charge on any atom is 0.279 e. The van der Waals surface area contributed by atoms with E-state index in [1.54, 1.807) is 24.3 Å². The minimum Gasteiger partial charge on any atom is -0.200 e. The highest BCUT2D eigenvalue weighted by Gasteiger charge is 2.35. The fraction of sp³-hybridized carbons (Fsp3) is 0.235. The van der Waals surface area contributed by atoms with Crippen LogP contribution in [0.4, 0.5) is 0 Å². The van der Waals surface area contributed by atoms with Crippen molar-refractivity contribution in [1.82, 2.24) is 4.41 Å². The monoisotopic (exact) mass is 314 g/mol. The molecule has 1 atom stereocenters. The Morgan fingerprint density at radius 2 is 1.64 bits per heavy atom. The first kappa shape index (κ1) is 14.8. The zero-order valence-corrected chi connectivity index (χ0v) is 13.4. The quantitative estimate of drug-likeness (QED) is 0.870. The Morgan fingerprint density at radius 3 is 2.27 bits per heavy atom. The third-order valence-corrected chi connectivity index (χ3v) is 5.47. The lowest BCUT2D eigenvalue weighted by molar-refractivity contribution is 0.371. The molecule has 2 aromatic rings. The van der Waals surface area contributed by atoms with Crippen molar-refractivity contribution in [2.75, 3.05) is 0 Å². The van der Waals surface area contributed by atoms with E-state index >= 15 is 0 Å². The number of aryl methyl sites for hydroxylation is 1. The lowest BCUT2D eigenvalue weighted by Gasteiger charge is -2.23. The topological polar surface area (TPSA) is 49.7 Å². The Balaban J connectivity index is 2.02. The van der Waals surface area contributed by atoms with E-state index in [2.05, 4.69) is 5.10 Å². The highest BCUT2D eigenvalue weighted by atomic mass is 32.2. The standard InChI is InChI=1S/C17H18N2O2S/c1-13-8-10-16(11-9-13)22(20,21)19-17(12-14(2)18-19)15-6-4-3-5-7-15/h3-11,17H,12H2,1-2H3. The maximum atomic E-state index is 12.9. The van der Waals surface area contributed by atoms with Crippen LogP contribution in [0, 0.1) is 6.92 Å². The molecule has 0 saturated heterocycles. The first-order chi connectivity index (χ1) is 10.5. The molecule has 2 aromatic carbocycles. The van der Waals surface area contributed by atoms with Crippen molar-refractivity contribution >= 4 is 15.7 Å². The molecule has 0 N–H and O–H groups in total. The summed E-state index contributed by atoms with van der Waals surface area (Å²) in [4.78, 5) is 0.275. The van der Waals surface area contributed by atoms with Crippen molar-refractivity contribution in [3.8, 4) is 0 Å². The molecule has 0 bridgehead atoms. The van der Waals surface area contributed by atoms with E-state index in [1.807, 2.05) is 44.2 Å². The first-order valence-electron chi connectivity index (χ1n) is 7.18. The molecule has 0 radical (unpaired) electrons. The first-order valence-corrected chi connectivity index (χ1v) is 8.62. The van der Waals surface area contributed by atoms with Crippen LogP contribution >= 0.6 is 0 Å². The summed E-state index contributed by atoms with van der Waals surface area (Å²) in [5.74, 6) is 0. The normalized spacial score (nSPS) is 18.4. The largest absolute Gasteiger partial charge is 0.279 e. The van der Waals surface area contributed by atoms with Crippen LogP contribution in [-0.4, -0.2) is 18.5 Å². The summed E-state index contributed by atoms with van der Waals surface area (Å²) in [5.41, 5.74) is 2.81. The van der Waals surface area contributed by atoms with Crippen LogP contribution in [-0.2, 0) is 10.0 Å². The second-order valence-corrected chi connectivity index (χ2v) is 7.35. The summed E-state index contributed by atoms with van der Waals surface area (Å²) in [5, 5.41) is 4.28. The fourth-order valence-corrected chi connectivity index (χ4v) is 4.07. The molecule has 114 valence electrons. The molecule has 0 aliphatic carbocycles. The molecule has 0 saturated carbocycles. The summed E-state index contributed by atoms with van der Waals surface area (Å²) < 4.78 is 27.0. The molecule has 5 heteroatoms. The minimum atomic E-state index is -3.64. The summed E-state index contributed by atoms with van der Waals surface area (Å²) in [6, 6.07) is 16.2. The van der Waals surface area contributed by atoms with E-state index in [1.165, 1.54) is 4.41 Å². The van der Waals surface area contributed by atoms with Gasteiger partial charge in [0, 0.05) is 12.1 Å². The van der Waals surface area contributed by atoms with Crippen molar-refractivity contribution in [1.29, 1.82) is 0 Å². The van der Waals surface area contributed by atoms with Crippen LogP contribution in [0.5, 0.6) is 0 Å². The van der Waals surface area contributed by atoms with Crippen LogP contribution in [0.15, 0.2) is 64.6 Å².